The summed E-state index contributed by atoms with van der Waals surface area (Å²) in [5.74, 6) is 0.620. The first-order chi connectivity index (χ1) is 8.47. The summed E-state index contributed by atoms with van der Waals surface area (Å²) in [4.78, 5) is 0. The molecule has 0 aromatic heterocycles. The van der Waals surface area contributed by atoms with Crippen molar-refractivity contribution in [1.82, 2.24) is 10.4 Å². The Balaban J connectivity index is 2.01. The standard InChI is InChI=1S/C14H29N3O/c1-12-10-13(2,3)4-5-14(12,11-15)16-17-6-8-18-9-7-17/h12,16H,4-11,15H2,1-3H3. The van der Waals surface area contributed by atoms with Crippen LogP contribution in [0, 0.1) is 11.3 Å². The van der Waals surface area contributed by atoms with Crippen molar-refractivity contribution >= 4 is 0 Å². The number of rotatable bonds is 3. The average Bonchev–Trinajstić information content (AvgIpc) is 2.34. The Bertz CT molecular complexity index is 276. The van der Waals surface area contributed by atoms with Crippen molar-refractivity contribution in [3.63, 3.8) is 0 Å². The lowest BCUT2D eigenvalue weighted by atomic mass is 9.64. The van der Waals surface area contributed by atoms with Gasteiger partial charge in [0.2, 0.25) is 0 Å². The highest BCUT2D eigenvalue weighted by Gasteiger charge is 2.43. The number of ether oxygens (including phenoxy) is 1. The molecule has 4 heteroatoms. The van der Waals surface area contributed by atoms with E-state index in [1.807, 2.05) is 0 Å². The maximum atomic E-state index is 6.11. The van der Waals surface area contributed by atoms with E-state index in [4.69, 9.17) is 10.5 Å². The molecule has 1 saturated carbocycles. The molecule has 1 heterocycles. The topological polar surface area (TPSA) is 50.5 Å². The fraction of sp³-hybridized carbons (Fsp3) is 1.00. The molecule has 0 aromatic rings. The molecule has 2 atom stereocenters. The van der Waals surface area contributed by atoms with Crippen molar-refractivity contribution in [3.05, 3.63) is 0 Å². The molecule has 106 valence electrons. The van der Waals surface area contributed by atoms with E-state index in [0.29, 0.717) is 11.3 Å². The largest absolute Gasteiger partial charge is 0.379 e. The maximum Gasteiger partial charge on any atom is 0.0608 e. The molecule has 1 aliphatic heterocycles. The van der Waals surface area contributed by atoms with Crippen LogP contribution in [0.2, 0.25) is 0 Å². The number of nitrogens with zero attached hydrogens (tertiary/aromatic N) is 1. The molecule has 0 radical (unpaired) electrons. The molecule has 3 N–H and O–H groups in total. The quantitative estimate of drug-likeness (QED) is 0.800. The zero-order valence-electron chi connectivity index (χ0n) is 12.2. The Morgan fingerprint density at radius 1 is 1.28 bits per heavy atom. The molecule has 1 aliphatic carbocycles. The summed E-state index contributed by atoms with van der Waals surface area (Å²) in [6.07, 6.45) is 3.68. The SMILES string of the molecule is CC1CC(C)(C)CCC1(CN)NN1CCOCC1. The zero-order valence-corrected chi connectivity index (χ0v) is 12.2. The highest BCUT2D eigenvalue weighted by molar-refractivity contribution is 5.00. The molecule has 2 unspecified atom stereocenters. The van der Waals surface area contributed by atoms with Gasteiger partial charge in [-0.3, -0.25) is 0 Å². The van der Waals surface area contributed by atoms with E-state index in [9.17, 15) is 0 Å². The molecule has 2 rings (SSSR count). The van der Waals surface area contributed by atoms with Crippen LogP contribution in [0.4, 0.5) is 0 Å². The van der Waals surface area contributed by atoms with Crippen LogP contribution < -0.4 is 11.2 Å². The number of morpholine rings is 1. The average molecular weight is 255 g/mol. The third-order valence-corrected chi connectivity index (χ3v) is 4.81. The van der Waals surface area contributed by atoms with Gasteiger partial charge in [0.15, 0.2) is 0 Å². The minimum atomic E-state index is 0.0901. The van der Waals surface area contributed by atoms with Crippen LogP contribution in [0.5, 0.6) is 0 Å². The first-order valence-electron chi connectivity index (χ1n) is 7.28. The summed E-state index contributed by atoms with van der Waals surface area (Å²) in [6.45, 7) is 11.4. The highest BCUT2D eigenvalue weighted by Crippen LogP contribution is 2.43. The molecule has 0 aromatic carbocycles. The van der Waals surface area contributed by atoms with Crippen molar-refractivity contribution in [1.29, 1.82) is 0 Å². The zero-order chi connectivity index (χ0) is 13.2. The predicted molar refractivity (Wildman–Crippen MR) is 74.1 cm³/mol. The molecule has 4 nitrogen and oxygen atoms in total. The van der Waals surface area contributed by atoms with Gasteiger partial charge in [0.25, 0.3) is 0 Å². The molecule has 0 spiro atoms. The van der Waals surface area contributed by atoms with E-state index in [-0.39, 0.29) is 5.54 Å². The lowest BCUT2D eigenvalue weighted by Gasteiger charge is -2.50. The molecule has 18 heavy (non-hydrogen) atoms. The van der Waals surface area contributed by atoms with Crippen molar-refractivity contribution < 1.29 is 4.74 Å². The van der Waals surface area contributed by atoms with Crippen LogP contribution in [0.25, 0.3) is 0 Å². The Labute approximate surface area is 111 Å². The van der Waals surface area contributed by atoms with E-state index in [0.717, 1.165) is 32.8 Å². The second-order valence-corrected chi connectivity index (χ2v) is 6.84. The van der Waals surface area contributed by atoms with E-state index < -0.39 is 0 Å². The molecular weight excluding hydrogens is 226 g/mol. The van der Waals surface area contributed by atoms with Gasteiger partial charge in [-0.1, -0.05) is 20.8 Å². The second kappa shape index (κ2) is 5.45. The van der Waals surface area contributed by atoms with Gasteiger partial charge in [-0.05, 0) is 30.6 Å². The highest BCUT2D eigenvalue weighted by atomic mass is 16.5. The minimum absolute atomic E-state index is 0.0901. The first kappa shape index (κ1) is 14.3. The van der Waals surface area contributed by atoms with Gasteiger partial charge in [0.1, 0.15) is 0 Å². The van der Waals surface area contributed by atoms with Gasteiger partial charge in [0, 0.05) is 25.2 Å². The van der Waals surface area contributed by atoms with Crippen molar-refractivity contribution in [2.24, 2.45) is 17.1 Å². The molecule has 1 saturated heterocycles. The van der Waals surface area contributed by atoms with E-state index in [1.165, 1.54) is 19.3 Å². The third kappa shape index (κ3) is 3.05. The summed E-state index contributed by atoms with van der Waals surface area (Å²) in [7, 11) is 0. The van der Waals surface area contributed by atoms with Gasteiger partial charge in [-0.25, -0.2) is 10.4 Å². The number of hydrazine groups is 1. The Morgan fingerprint density at radius 3 is 2.50 bits per heavy atom. The van der Waals surface area contributed by atoms with Crippen molar-refractivity contribution in [2.45, 2.75) is 45.6 Å². The van der Waals surface area contributed by atoms with Gasteiger partial charge in [0.05, 0.1) is 13.2 Å². The van der Waals surface area contributed by atoms with Crippen molar-refractivity contribution in [2.75, 3.05) is 32.8 Å². The van der Waals surface area contributed by atoms with Crippen LogP contribution in [0.3, 0.4) is 0 Å². The van der Waals surface area contributed by atoms with Crippen LogP contribution in [0.1, 0.15) is 40.0 Å². The number of hydrogen-bond acceptors (Lipinski definition) is 4. The Kier molecular flexibility index (Phi) is 4.32. The molecule has 0 bridgehead atoms. The van der Waals surface area contributed by atoms with Crippen LogP contribution in [0.15, 0.2) is 0 Å². The summed E-state index contributed by atoms with van der Waals surface area (Å²) in [5.41, 5.74) is 10.4. The van der Waals surface area contributed by atoms with Gasteiger partial charge in [-0.2, -0.15) is 0 Å². The van der Waals surface area contributed by atoms with E-state index >= 15 is 0 Å². The summed E-state index contributed by atoms with van der Waals surface area (Å²) in [5, 5.41) is 2.31. The summed E-state index contributed by atoms with van der Waals surface area (Å²) >= 11 is 0. The predicted octanol–water partition coefficient (Wildman–Crippen LogP) is 1.37. The lowest BCUT2D eigenvalue weighted by molar-refractivity contribution is -0.0422. The smallest absolute Gasteiger partial charge is 0.0608 e. The Morgan fingerprint density at radius 2 is 1.94 bits per heavy atom. The third-order valence-electron chi connectivity index (χ3n) is 4.81. The van der Waals surface area contributed by atoms with E-state index in [2.05, 4.69) is 31.2 Å². The van der Waals surface area contributed by atoms with Crippen LogP contribution in [-0.2, 0) is 4.74 Å². The fourth-order valence-corrected chi connectivity index (χ4v) is 3.44. The monoisotopic (exact) mass is 255 g/mol. The lowest BCUT2D eigenvalue weighted by Crippen LogP contribution is -2.65. The number of nitrogens with one attached hydrogen (secondary N) is 1. The van der Waals surface area contributed by atoms with Gasteiger partial charge in [-0.15, -0.1) is 0 Å². The number of nitrogens with two attached hydrogens (primary N) is 1. The minimum Gasteiger partial charge on any atom is -0.379 e. The molecule has 2 aliphatic rings. The van der Waals surface area contributed by atoms with Crippen LogP contribution in [-0.4, -0.2) is 43.4 Å². The summed E-state index contributed by atoms with van der Waals surface area (Å²) in [6, 6.07) is 0. The van der Waals surface area contributed by atoms with Gasteiger partial charge >= 0.3 is 0 Å². The Hall–Kier alpha value is -0.160. The van der Waals surface area contributed by atoms with Crippen LogP contribution >= 0.6 is 0 Å². The maximum absolute atomic E-state index is 6.11. The van der Waals surface area contributed by atoms with Gasteiger partial charge < -0.3 is 10.5 Å². The fourth-order valence-electron chi connectivity index (χ4n) is 3.44. The molecule has 2 fully saturated rings. The van der Waals surface area contributed by atoms with E-state index in [1.54, 1.807) is 0 Å². The summed E-state index contributed by atoms with van der Waals surface area (Å²) < 4.78 is 5.40. The van der Waals surface area contributed by atoms with Crippen molar-refractivity contribution in [3.8, 4) is 0 Å². The normalized spacial score (nSPS) is 37.7. The molecule has 0 amide bonds. The molecular formula is C14H29N3O. The first-order valence-corrected chi connectivity index (χ1v) is 7.28. The second-order valence-electron chi connectivity index (χ2n) is 6.84. The number of hydrogen-bond donors (Lipinski definition) is 2.